The second-order valence-corrected chi connectivity index (χ2v) is 8.40. The van der Waals surface area contributed by atoms with Crippen LogP contribution in [-0.4, -0.2) is 29.7 Å². The van der Waals surface area contributed by atoms with Crippen LogP contribution in [0.4, 0.5) is 13.6 Å². The number of imide groups is 1. The van der Waals surface area contributed by atoms with Crippen LogP contribution in [0.2, 0.25) is 0 Å². The van der Waals surface area contributed by atoms with Crippen LogP contribution in [0.3, 0.4) is 0 Å². The Labute approximate surface area is 182 Å². The lowest BCUT2D eigenvalue weighted by Gasteiger charge is -2.23. The summed E-state index contributed by atoms with van der Waals surface area (Å²) in [6, 6.07) is 17.6. The lowest BCUT2D eigenvalue weighted by molar-refractivity contribution is -0.131. The summed E-state index contributed by atoms with van der Waals surface area (Å²) >= 11 is 0.382. The van der Waals surface area contributed by atoms with Crippen molar-refractivity contribution in [3.05, 3.63) is 71.8 Å². The molecule has 31 heavy (non-hydrogen) atoms. The van der Waals surface area contributed by atoms with E-state index >= 15 is 0 Å². The van der Waals surface area contributed by atoms with E-state index < -0.39 is 17.3 Å². The van der Waals surface area contributed by atoms with Crippen LogP contribution in [0.25, 0.3) is 10.8 Å². The van der Waals surface area contributed by atoms with E-state index in [-0.39, 0.29) is 18.2 Å². The van der Waals surface area contributed by atoms with Crippen LogP contribution in [0, 0.1) is 0 Å². The summed E-state index contributed by atoms with van der Waals surface area (Å²) in [5, 5.41) is 4.81. The number of hydrogen-bond acceptors (Lipinski definition) is 4. The number of benzene rings is 3. The van der Waals surface area contributed by atoms with E-state index in [0.29, 0.717) is 27.8 Å². The minimum absolute atomic E-state index is 0.00379. The number of thioether (sulfide) groups is 1. The van der Waals surface area contributed by atoms with Gasteiger partial charge in [-0.05, 0) is 47.0 Å². The summed E-state index contributed by atoms with van der Waals surface area (Å²) in [5.74, 6) is -2.68. The fraction of sp³-hybridized carbons (Fsp3) is 0.217. The van der Waals surface area contributed by atoms with Crippen LogP contribution < -0.4 is 10.1 Å². The van der Waals surface area contributed by atoms with E-state index in [4.69, 9.17) is 4.74 Å². The molecule has 8 heteroatoms. The number of carbonyl (C=O) groups is 2. The molecule has 5 nitrogen and oxygen atoms in total. The molecule has 1 aliphatic rings. The Hall–Kier alpha value is -3.13. The Kier molecular flexibility index (Phi) is 5.58. The maximum atomic E-state index is 13.3. The summed E-state index contributed by atoms with van der Waals surface area (Å²) in [7, 11) is 1.39. The van der Waals surface area contributed by atoms with E-state index in [1.54, 1.807) is 19.1 Å². The highest BCUT2D eigenvalue weighted by Gasteiger charge is 2.49. The smallest absolute Gasteiger partial charge is 0.325 e. The molecule has 1 fully saturated rings. The molecule has 3 aromatic rings. The second kappa shape index (κ2) is 8.19. The monoisotopic (exact) mass is 442 g/mol. The molecular weight excluding hydrogens is 422 g/mol. The van der Waals surface area contributed by atoms with Crippen LogP contribution in [0.1, 0.15) is 18.1 Å². The number of hydrogen-bond donors (Lipinski definition) is 1. The Bertz CT molecular complexity index is 1170. The molecule has 1 heterocycles. The molecule has 0 saturated carbocycles. The van der Waals surface area contributed by atoms with Crippen molar-refractivity contribution in [3.63, 3.8) is 0 Å². The van der Waals surface area contributed by atoms with E-state index in [0.717, 1.165) is 15.7 Å². The van der Waals surface area contributed by atoms with Gasteiger partial charge in [0.05, 0.1) is 18.6 Å². The number of ether oxygens (including phenoxy) is 1. The highest BCUT2D eigenvalue weighted by atomic mass is 32.2. The summed E-state index contributed by atoms with van der Waals surface area (Å²) in [5.41, 5.74) is 0.0893. The molecular formula is C23H20F2N2O3S. The topological polar surface area (TPSA) is 58.6 Å². The highest BCUT2D eigenvalue weighted by molar-refractivity contribution is 7.99. The van der Waals surface area contributed by atoms with Gasteiger partial charge < -0.3 is 10.1 Å². The number of rotatable bonds is 6. The molecule has 0 spiro atoms. The van der Waals surface area contributed by atoms with Gasteiger partial charge in [0, 0.05) is 0 Å². The van der Waals surface area contributed by atoms with E-state index in [1.165, 1.54) is 13.2 Å². The summed E-state index contributed by atoms with van der Waals surface area (Å²) in [6.45, 7) is 1.68. The number of nitrogens with zero attached hydrogens (tertiary/aromatic N) is 1. The van der Waals surface area contributed by atoms with Crippen molar-refractivity contribution >= 4 is 34.5 Å². The molecule has 0 bridgehead atoms. The van der Waals surface area contributed by atoms with E-state index in [1.807, 2.05) is 42.5 Å². The van der Waals surface area contributed by atoms with Crippen molar-refractivity contribution < 1.29 is 23.1 Å². The van der Waals surface area contributed by atoms with Gasteiger partial charge in [0.25, 0.3) is 11.7 Å². The average molecular weight is 442 g/mol. The largest absolute Gasteiger partial charge is 0.496 e. The summed E-state index contributed by atoms with van der Waals surface area (Å²) < 4.78 is 30.6. The third kappa shape index (κ3) is 3.95. The third-order valence-electron chi connectivity index (χ3n) is 5.39. The normalized spacial score (nSPS) is 18.7. The number of amides is 3. The number of alkyl halides is 2. The van der Waals surface area contributed by atoms with Gasteiger partial charge in [0.1, 0.15) is 11.3 Å². The van der Waals surface area contributed by atoms with Gasteiger partial charge in [0.15, 0.2) is 0 Å². The second-order valence-electron chi connectivity index (χ2n) is 7.37. The maximum absolute atomic E-state index is 13.3. The van der Waals surface area contributed by atoms with Gasteiger partial charge in [-0.25, -0.2) is 4.79 Å². The van der Waals surface area contributed by atoms with E-state index in [9.17, 15) is 18.4 Å². The molecule has 1 aliphatic heterocycles. The molecule has 3 amide bonds. The minimum atomic E-state index is -2.58. The molecule has 0 radical (unpaired) electrons. The van der Waals surface area contributed by atoms with Gasteiger partial charge in [0.2, 0.25) is 0 Å². The molecule has 1 N–H and O–H groups in total. The Morgan fingerprint density at radius 2 is 1.81 bits per heavy atom. The number of urea groups is 1. The van der Waals surface area contributed by atoms with E-state index in [2.05, 4.69) is 5.32 Å². The van der Waals surface area contributed by atoms with Crippen molar-refractivity contribution in [2.24, 2.45) is 0 Å². The fourth-order valence-corrected chi connectivity index (χ4v) is 4.32. The van der Waals surface area contributed by atoms with Crippen molar-refractivity contribution in [2.45, 2.75) is 29.7 Å². The molecule has 1 atom stereocenters. The van der Waals surface area contributed by atoms with Crippen molar-refractivity contribution in [2.75, 3.05) is 7.11 Å². The fourth-order valence-electron chi connectivity index (χ4n) is 3.72. The number of halogens is 2. The van der Waals surface area contributed by atoms with Gasteiger partial charge in [-0.1, -0.05) is 54.2 Å². The zero-order chi connectivity index (χ0) is 22.2. The molecule has 0 aromatic heterocycles. The van der Waals surface area contributed by atoms with Gasteiger partial charge in [-0.15, -0.1) is 0 Å². The predicted molar refractivity (Wildman–Crippen MR) is 115 cm³/mol. The first-order valence-corrected chi connectivity index (χ1v) is 10.4. The van der Waals surface area contributed by atoms with Gasteiger partial charge in [-0.2, -0.15) is 8.78 Å². The first-order valence-electron chi connectivity index (χ1n) is 9.57. The lowest BCUT2D eigenvalue weighted by Crippen LogP contribution is -2.40. The van der Waals surface area contributed by atoms with Gasteiger partial charge >= 0.3 is 6.03 Å². The predicted octanol–water partition coefficient (Wildman–Crippen LogP) is 5.13. The molecule has 0 aliphatic carbocycles. The number of fused-ring (bicyclic) bond motifs is 1. The molecule has 3 aromatic carbocycles. The number of carbonyl (C=O) groups excluding carboxylic acids is 2. The lowest BCUT2D eigenvalue weighted by atomic mass is 9.90. The Balaban J connectivity index is 1.60. The Morgan fingerprint density at radius 1 is 1.06 bits per heavy atom. The molecule has 1 saturated heterocycles. The maximum Gasteiger partial charge on any atom is 0.325 e. The molecule has 160 valence electrons. The minimum Gasteiger partial charge on any atom is -0.496 e. The standard InChI is InChI=1S/C23H20F2N2O3S/c1-23(17-9-8-15-5-3-4-6-16(15)12-17)20(28)27(22(29)26-23)13-14-7-10-19(31-21(24)25)18(11-14)30-2/h3-12,21H,13H2,1-2H3,(H,26,29). The molecule has 1 unspecified atom stereocenters. The average Bonchev–Trinajstić information content (AvgIpc) is 2.98. The summed E-state index contributed by atoms with van der Waals surface area (Å²) in [4.78, 5) is 27.3. The summed E-state index contributed by atoms with van der Waals surface area (Å²) in [6.07, 6.45) is 0. The van der Waals surface area contributed by atoms with Gasteiger partial charge in [-0.3, -0.25) is 9.69 Å². The zero-order valence-corrected chi connectivity index (χ0v) is 17.7. The quantitative estimate of drug-likeness (QED) is 0.425. The van der Waals surface area contributed by atoms with Crippen LogP contribution in [0.5, 0.6) is 5.75 Å². The molecule has 4 rings (SSSR count). The number of methoxy groups -OCH3 is 1. The Morgan fingerprint density at radius 3 is 2.52 bits per heavy atom. The van der Waals surface area contributed by atoms with Crippen molar-refractivity contribution in [3.8, 4) is 5.75 Å². The van der Waals surface area contributed by atoms with Crippen molar-refractivity contribution in [1.29, 1.82) is 0 Å². The SMILES string of the molecule is COc1cc(CN2C(=O)NC(C)(c3ccc4ccccc4c3)C2=O)ccc1SC(F)F. The first kappa shape index (κ1) is 21.1. The third-order valence-corrected chi connectivity index (χ3v) is 6.16. The van der Waals surface area contributed by atoms with Crippen LogP contribution >= 0.6 is 11.8 Å². The first-order chi connectivity index (χ1) is 14.8. The highest BCUT2D eigenvalue weighted by Crippen LogP contribution is 2.36. The van der Waals surface area contributed by atoms with Crippen LogP contribution in [0.15, 0.2) is 65.6 Å². The van der Waals surface area contributed by atoms with Crippen molar-refractivity contribution in [1.82, 2.24) is 10.2 Å². The van der Waals surface area contributed by atoms with Crippen LogP contribution in [-0.2, 0) is 16.9 Å². The zero-order valence-electron chi connectivity index (χ0n) is 16.9. The number of nitrogens with one attached hydrogen (secondary N) is 1.